The lowest BCUT2D eigenvalue weighted by Gasteiger charge is -2.26. The molecule has 2 aliphatic carbocycles. The van der Waals surface area contributed by atoms with E-state index in [2.05, 4.69) is 6.92 Å². The Morgan fingerprint density at radius 1 is 1.24 bits per heavy atom. The molecule has 17 heavy (non-hydrogen) atoms. The van der Waals surface area contributed by atoms with E-state index in [1.807, 2.05) is 30.3 Å². The summed E-state index contributed by atoms with van der Waals surface area (Å²) in [5.74, 6) is 1.36. The lowest BCUT2D eigenvalue weighted by atomic mass is 9.76. The fraction of sp³-hybridized carbons (Fsp3) is 0.467. The van der Waals surface area contributed by atoms with Crippen molar-refractivity contribution in [3.8, 4) is 0 Å². The van der Waals surface area contributed by atoms with Crippen LogP contribution >= 0.6 is 0 Å². The number of fused-ring (bicyclic) bond motifs is 2. The molecule has 1 aromatic rings. The van der Waals surface area contributed by atoms with Crippen LogP contribution in [0.5, 0.6) is 0 Å². The van der Waals surface area contributed by atoms with Gasteiger partial charge < -0.3 is 0 Å². The Bertz CT molecular complexity index is 461. The molecule has 3 rings (SSSR count). The van der Waals surface area contributed by atoms with Gasteiger partial charge in [0.1, 0.15) is 5.78 Å². The molecular formula is C15H16O2. The number of hydrogen-bond donors (Lipinski definition) is 0. The van der Waals surface area contributed by atoms with Crippen molar-refractivity contribution in [1.29, 1.82) is 0 Å². The van der Waals surface area contributed by atoms with Crippen LogP contribution in [-0.4, -0.2) is 11.6 Å². The molecule has 4 unspecified atom stereocenters. The molecule has 2 bridgehead atoms. The summed E-state index contributed by atoms with van der Waals surface area (Å²) >= 11 is 0. The second-order valence-corrected chi connectivity index (χ2v) is 5.39. The zero-order chi connectivity index (χ0) is 12.0. The predicted molar refractivity (Wildman–Crippen MR) is 64.6 cm³/mol. The molecule has 0 amide bonds. The van der Waals surface area contributed by atoms with E-state index in [9.17, 15) is 9.59 Å². The van der Waals surface area contributed by atoms with Crippen LogP contribution in [0.15, 0.2) is 30.3 Å². The highest BCUT2D eigenvalue weighted by Crippen LogP contribution is 2.51. The Balaban J connectivity index is 1.87. The number of carbonyl (C=O) groups is 2. The zero-order valence-corrected chi connectivity index (χ0v) is 9.93. The van der Waals surface area contributed by atoms with Crippen molar-refractivity contribution in [3.63, 3.8) is 0 Å². The average Bonchev–Trinajstić information content (AvgIpc) is 2.85. The second-order valence-electron chi connectivity index (χ2n) is 5.39. The van der Waals surface area contributed by atoms with E-state index in [0.29, 0.717) is 18.1 Å². The molecule has 0 saturated heterocycles. The van der Waals surface area contributed by atoms with Crippen LogP contribution in [0, 0.1) is 23.7 Å². The molecule has 2 fully saturated rings. The van der Waals surface area contributed by atoms with Crippen LogP contribution in [0.25, 0.3) is 0 Å². The highest BCUT2D eigenvalue weighted by molar-refractivity contribution is 6.00. The number of hydrogen-bond acceptors (Lipinski definition) is 2. The Morgan fingerprint density at radius 2 is 1.94 bits per heavy atom. The summed E-state index contributed by atoms with van der Waals surface area (Å²) in [4.78, 5) is 24.1. The van der Waals surface area contributed by atoms with E-state index >= 15 is 0 Å². The fourth-order valence-electron chi connectivity index (χ4n) is 3.66. The third kappa shape index (κ3) is 1.54. The minimum atomic E-state index is 0.0695. The van der Waals surface area contributed by atoms with Crippen LogP contribution in [0.3, 0.4) is 0 Å². The predicted octanol–water partition coefficient (Wildman–Crippen LogP) is 2.73. The Morgan fingerprint density at radius 3 is 2.53 bits per heavy atom. The Hall–Kier alpha value is -1.44. The van der Waals surface area contributed by atoms with E-state index in [4.69, 9.17) is 0 Å². The number of benzene rings is 1. The minimum absolute atomic E-state index is 0.0695. The van der Waals surface area contributed by atoms with E-state index in [-0.39, 0.29) is 23.5 Å². The lowest BCUT2D eigenvalue weighted by Crippen LogP contribution is -2.31. The number of rotatable bonds is 2. The van der Waals surface area contributed by atoms with Crippen molar-refractivity contribution >= 4 is 11.6 Å². The summed E-state index contributed by atoms with van der Waals surface area (Å²) in [7, 11) is 0. The van der Waals surface area contributed by atoms with Gasteiger partial charge >= 0.3 is 0 Å². The van der Waals surface area contributed by atoms with E-state index in [1.165, 1.54) is 0 Å². The molecule has 0 spiro atoms. The molecule has 0 heterocycles. The Labute approximate surface area is 101 Å². The quantitative estimate of drug-likeness (QED) is 0.729. The maximum absolute atomic E-state index is 12.4. The maximum atomic E-state index is 12.4. The number of carbonyl (C=O) groups excluding carboxylic acids is 2. The molecule has 2 saturated carbocycles. The van der Waals surface area contributed by atoms with Gasteiger partial charge in [-0.05, 0) is 18.3 Å². The molecule has 0 N–H and O–H groups in total. The van der Waals surface area contributed by atoms with Gasteiger partial charge in [-0.3, -0.25) is 9.59 Å². The molecule has 0 aromatic heterocycles. The zero-order valence-electron chi connectivity index (χ0n) is 9.93. The normalized spacial score (nSPS) is 35.2. The first-order valence-electron chi connectivity index (χ1n) is 6.30. The first-order chi connectivity index (χ1) is 8.18. The van der Waals surface area contributed by atoms with Crippen molar-refractivity contribution in [2.24, 2.45) is 23.7 Å². The Kier molecular flexibility index (Phi) is 2.39. The first-order valence-corrected chi connectivity index (χ1v) is 6.30. The van der Waals surface area contributed by atoms with Crippen molar-refractivity contribution in [2.75, 3.05) is 0 Å². The number of ketones is 2. The van der Waals surface area contributed by atoms with Crippen LogP contribution in [0.1, 0.15) is 30.1 Å². The summed E-state index contributed by atoms with van der Waals surface area (Å²) in [5, 5.41) is 0. The molecule has 4 atom stereocenters. The van der Waals surface area contributed by atoms with E-state index in [0.717, 1.165) is 12.0 Å². The third-order valence-corrected chi connectivity index (χ3v) is 4.50. The third-order valence-electron chi connectivity index (χ3n) is 4.50. The largest absolute Gasteiger partial charge is 0.299 e. The van der Waals surface area contributed by atoms with Crippen molar-refractivity contribution in [1.82, 2.24) is 0 Å². The number of Topliss-reactive ketones (excluding diaryl/α,β-unsaturated/α-hetero) is 2. The lowest BCUT2D eigenvalue weighted by molar-refractivity contribution is -0.123. The van der Waals surface area contributed by atoms with Crippen LogP contribution < -0.4 is 0 Å². The molecule has 2 heteroatoms. The molecule has 88 valence electrons. The van der Waals surface area contributed by atoms with Crippen molar-refractivity contribution in [2.45, 2.75) is 19.8 Å². The van der Waals surface area contributed by atoms with Gasteiger partial charge in [-0.25, -0.2) is 0 Å². The SMILES string of the molecule is CC1C2CC(CC2=O)C1C(=O)c1ccccc1. The van der Waals surface area contributed by atoms with Crippen LogP contribution in [-0.2, 0) is 4.79 Å². The van der Waals surface area contributed by atoms with Gasteiger partial charge in [0.2, 0.25) is 0 Å². The highest BCUT2D eigenvalue weighted by Gasteiger charge is 2.52. The monoisotopic (exact) mass is 228 g/mol. The maximum Gasteiger partial charge on any atom is 0.166 e. The van der Waals surface area contributed by atoms with E-state index < -0.39 is 0 Å². The molecule has 0 aliphatic heterocycles. The van der Waals surface area contributed by atoms with Gasteiger partial charge in [-0.1, -0.05) is 37.3 Å². The van der Waals surface area contributed by atoms with Crippen molar-refractivity contribution < 1.29 is 9.59 Å². The smallest absolute Gasteiger partial charge is 0.166 e. The molecule has 2 aliphatic rings. The summed E-state index contributed by atoms with van der Waals surface area (Å²) in [6, 6.07) is 9.47. The molecule has 0 radical (unpaired) electrons. The molecule has 2 nitrogen and oxygen atoms in total. The van der Waals surface area contributed by atoms with Crippen molar-refractivity contribution in [3.05, 3.63) is 35.9 Å². The summed E-state index contributed by atoms with van der Waals surface area (Å²) in [6.07, 6.45) is 1.56. The first kappa shape index (κ1) is 10.7. The van der Waals surface area contributed by atoms with Gasteiger partial charge in [0, 0.05) is 23.8 Å². The second kappa shape index (κ2) is 3.80. The molecular weight excluding hydrogens is 212 g/mol. The summed E-state index contributed by atoms with van der Waals surface area (Å²) in [5.41, 5.74) is 0.796. The van der Waals surface area contributed by atoms with Gasteiger partial charge in [0.15, 0.2) is 5.78 Å². The summed E-state index contributed by atoms with van der Waals surface area (Å²) in [6.45, 7) is 2.06. The highest BCUT2D eigenvalue weighted by atomic mass is 16.1. The minimum Gasteiger partial charge on any atom is -0.299 e. The van der Waals surface area contributed by atoms with Crippen LogP contribution in [0.4, 0.5) is 0 Å². The standard InChI is InChI=1S/C15H16O2/c1-9-12-7-11(8-13(12)16)14(9)15(17)10-5-3-2-4-6-10/h2-6,9,11-12,14H,7-8H2,1H3. The molecule has 1 aromatic carbocycles. The summed E-state index contributed by atoms with van der Waals surface area (Å²) < 4.78 is 0. The van der Waals surface area contributed by atoms with Gasteiger partial charge in [0.25, 0.3) is 0 Å². The van der Waals surface area contributed by atoms with Gasteiger partial charge in [-0.2, -0.15) is 0 Å². The van der Waals surface area contributed by atoms with Gasteiger partial charge in [-0.15, -0.1) is 0 Å². The van der Waals surface area contributed by atoms with E-state index in [1.54, 1.807) is 0 Å². The fourth-order valence-corrected chi connectivity index (χ4v) is 3.66. The van der Waals surface area contributed by atoms with Crippen LogP contribution in [0.2, 0.25) is 0 Å². The van der Waals surface area contributed by atoms with Gasteiger partial charge in [0.05, 0.1) is 0 Å². The topological polar surface area (TPSA) is 34.1 Å². The average molecular weight is 228 g/mol.